The maximum Gasteiger partial charge on any atom is 0.174 e. The largest absolute Gasteiger partial charge is 0.495 e. The van der Waals surface area contributed by atoms with E-state index in [9.17, 15) is 9.50 Å². The smallest absolute Gasteiger partial charge is 0.174 e. The molecule has 0 bridgehead atoms. The Balaban J connectivity index is 1.38. The number of aliphatic hydroxyl groups is 1. The Bertz CT molecular complexity index is 1340. The monoisotopic (exact) mass is 488 g/mol. The summed E-state index contributed by atoms with van der Waals surface area (Å²) in [7, 11) is 1.67. The number of fused-ring (bicyclic) bond motifs is 1. The molecule has 2 unspecified atom stereocenters. The third-order valence-corrected chi connectivity index (χ3v) is 7.48. The quantitative estimate of drug-likeness (QED) is 0.566. The topological polar surface area (TPSA) is 72.1 Å². The molecule has 1 saturated heterocycles. The van der Waals surface area contributed by atoms with Crippen molar-refractivity contribution >= 4 is 11.9 Å². The standard InChI is InChI=1S/C28H29FN4O3/c1-18-14-32(17-30-18)23-8-3-19(12-24(23)35-2)11-21-13-28(9-10-28)16-33-26(20-4-6-22(29)7-5-20)25(15-34)36-31-27(21)33/h3-8,11-12,14,17,25-26,34H,9-10,13,15-16H2,1-2H3. The molecule has 3 aliphatic rings. The molecular formula is C28H29FN4O3. The molecule has 1 aromatic heterocycles. The van der Waals surface area contributed by atoms with Gasteiger partial charge in [-0.1, -0.05) is 23.4 Å². The first-order valence-electron chi connectivity index (χ1n) is 12.3. The number of ether oxygens (including phenoxy) is 1. The summed E-state index contributed by atoms with van der Waals surface area (Å²) < 4.78 is 21.3. The minimum absolute atomic E-state index is 0.173. The van der Waals surface area contributed by atoms with Gasteiger partial charge in [0, 0.05) is 12.7 Å². The van der Waals surface area contributed by atoms with Gasteiger partial charge in [-0.3, -0.25) is 0 Å². The van der Waals surface area contributed by atoms with E-state index >= 15 is 0 Å². The summed E-state index contributed by atoms with van der Waals surface area (Å²) in [6.07, 6.45) is 8.59. The molecule has 8 heteroatoms. The van der Waals surface area contributed by atoms with E-state index in [1.165, 1.54) is 12.1 Å². The van der Waals surface area contributed by atoms with Gasteiger partial charge < -0.3 is 24.1 Å². The third kappa shape index (κ3) is 4.05. The number of methoxy groups -OCH3 is 1. The minimum Gasteiger partial charge on any atom is -0.495 e. The number of amidine groups is 1. The van der Waals surface area contributed by atoms with Crippen molar-refractivity contribution in [3.05, 3.63) is 83.2 Å². The fourth-order valence-corrected chi connectivity index (χ4v) is 5.44. The number of hydrogen-bond donors (Lipinski definition) is 1. The molecule has 1 saturated carbocycles. The highest BCUT2D eigenvalue weighted by atomic mass is 19.1. The van der Waals surface area contributed by atoms with Crippen molar-refractivity contribution in [1.82, 2.24) is 14.5 Å². The Morgan fingerprint density at radius 3 is 2.69 bits per heavy atom. The number of piperidine rings is 1. The van der Waals surface area contributed by atoms with Gasteiger partial charge in [0.1, 0.15) is 11.6 Å². The van der Waals surface area contributed by atoms with E-state index in [0.717, 1.165) is 65.5 Å². The van der Waals surface area contributed by atoms with E-state index in [-0.39, 0.29) is 23.9 Å². The number of aromatic nitrogens is 2. The molecule has 3 heterocycles. The first-order chi connectivity index (χ1) is 17.5. The average Bonchev–Trinajstić information content (AvgIpc) is 3.49. The number of aryl methyl sites for hydroxylation is 1. The molecule has 0 radical (unpaired) electrons. The predicted molar refractivity (Wildman–Crippen MR) is 134 cm³/mol. The van der Waals surface area contributed by atoms with Crippen LogP contribution in [0.25, 0.3) is 11.8 Å². The zero-order valence-electron chi connectivity index (χ0n) is 20.4. The summed E-state index contributed by atoms with van der Waals surface area (Å²) in [6, 6.07) is 12.3. The number of rotatable bonds is 5. The van der Waals surface area contributed by atoms with Crippen LogP contribution in [0.4, 0.5) is 4.39 Å². The van der Waals surface area contributed by atoms with Crippen molar-refractivity contribution in [2.45, 2.75) is 38.3 Å². The summed E-state index contributed by atoms with van der Waals surface area (Å²) in [5.74, 6) is 1.24. The molecule has 3 aromatic rings. The molecule has 1 aliphatic carbocycles. The molecule has 1 N–H and O–H groups in total. The molecule has 7 nitrogen and oxygen atoms in total. The lowest BCUT2D eigenvalue weighted by Crippen LogP contribution is -2.52. The first-order valence-corrected chi connectivity index (χ1v) is 12.3. The third-order valence-electron chi connectivity index (χ3n) is 7.48. The SMILES string of the molecule is COc1cc(C=C2CC3(CC3)CN3C2=NOC(CO)C3c2ccc(F)cc2)ccc1-n1cnc(C)c1. The van der Waals surface area contributed by atoms with Crippen molar-refractivity contribution in [1.29, 1.82) is 0 Å². The molecular weight excluding hydrogens is 459 g/mol. The molecule has 36 heavy (non-hydrogen) atoms. The molecule has 2 atom stereocenters. The summed E-state index contributed by atoms with van der Waals surface area (Å²) in [6.45, 7) is 2.62. The normalized spacial score (nSPS) is 23.3. The van der Waals surface area contributed by atoms with Crippen LogP contribution < -0.4 is 4.74 Å². The second-order valence-corrected chi connectivity index (χ2v) is 10.1. The summed E-state index contributed by atoms with van der Waals surface area (Å²) in [4.78, 5) is 12.4. The fraction of sp³-hybridized carbons (Fsp3) is 0.357. The molecule has 0 amide bonds. The van der Waals surface area contributed by atoms with Gasteiger partial charge in [0.15, 0.2) is 11.9 Å². The zero-order chi connectivity index (χ0) is 24.9. The van der Waals surface area contributed by atoms with Crippen LogP contribution in [0.1, 0.15) is 42.1 Å². The van der Waals surface area contributed by atoms with Crippen molar-refractivity contribution in [3.63, 3.8) is 0 Å². The molecule has 186 valence electrons. The van der Waals surface area contributed by atoms with Crippen LogP contribution in [0, 0.1) is 18.2 Å². The number of nitrogens with zero attached hydrogens (tertiary/aromatic N) is 4. The van der Waals surface area contributed by atoms with Crippen molar-refractivity contribution in [2.24, 2.45) is 10.6 Å². The second-order valence-electron chi connectivity index (χ2n) is 10.1. The number of imidazole rings is 1. The van der Waals surface area contributed by atoms with E-state index < -0.39 is 6.10 Å². The van der Waals surface area contributed by atoms with Crippen LogP contribution in [0.15, 0.2) is 65.7 Å². The van der Waals surface area contributed by atoms with Gasteiger partial charge in [0.2, 0.25) is 0 Å². The van der Waals surface area contributed by atoms with E-state index in [4.69, 9.17) is 9.57 Å². The number of hydrogen-bond acceptors (Lipinski definition) is 6. The lowest BCUT2D eigenvalue weighted by Gasteiger charge is -2.46. The molecule has 1 spiro atoms. The van der Waals surface area contributed by atoms with E-state index in [2.05, 4.69) is 27.2 Å². The lowest BCUT2D eigenvalue weighted by molar-refractivity contribution is -0.0538. The Labute approximate surface area is 209 Å². The zero-order valence-corrected chi connectivity index (χ0v) is 20.4. The minimum atomic E-state index is -0.521. The van der Waals surface area contributed by atoms with E-state index in [1.54, 1.807) is 25.6 Å². The Kier molecular flexibility index (Phi) is 5.56. The van der Waals surface area contributed by atoms with Gasteiger partial charge in [0.25, 0.3) is 0 Å². The molecule has 2 aliphatic heterocycles. The second kappa shape index (κ2) is 8.78. The van der Waals surface area contributed by atoms with Gasteiger partial charge in [-0.15, -0.1) is 0 Å². The highest BCUT2D eigenvalue weighted by Crippen LogP contribution is 2.56. The highest BCUT2D eigenvalue weighted by Gasteiger charge is 2.52. The molecule has 2 fully saturated rings. The van der Waals surface area contributed by atoms with Gasteiger partial charge in [-0.25, -0.2) is 9.37 Å². The maximum absolute atomic E-state index is 13.7. The highest BCUT2D eigenvalue weighted by molar-refractivity contribution is 6.03. The first kappa shape index (κ1) is 22.8. The van der Waals surface area contributed by atoms with Crippen LogP contribution in [0.3, 0.4) is 0 Å². The number of halogens is 1. The summed E-state index contributed by atoms with van der Waals surface area (Å²) in [5.41, 5.74) is 5.05. The average molecular weight is 489 g/mol. The summed E-state index contributed by atoms with van der Waals surface area (Å²) >= 11 is 0. The van der Waals surface area contributed by atoms with Crippen LogP contribution >= 0.6 is 0 Å². The Hall–Kier alpha value is -3.65. The lowest BCUT2D eigenvalue weighted by atomic mass is 9.85. The van der Waals surface area contributed by atoms with Gasteiger partial charge >= 0.3 is 0 Å². The van der Waals surface area contributed by atoms with Crippen molar-refractivity contribution < 1.29 is 19.1 Å². The van der Waals surface area contributed by atoms with Gasteiger partial charge in [0.05, 0.1) is 37.5 Å². The fourth-order valence-electron chi connectivity index (χ4n) is 5.44. The predicted octanol–water partition coefficient (Wildman–Crippen LogP) is 4.64. The van der Waals surface area contributed by atoms with E-state index in [1.807, 2.05) is 29.8 Å². The Morgan fingerprint density at radius 1 is 1.22 bits per heavy atom. The Morgan fingerprint density at radius 2 is 2.03 bits per heavy atom. The molecule has 6 rings (SSSR count). The van der Waals surface area contributed by atoms with Crippen LogP contribution in [-0.4, -0.2) is 51.8 Å². The van der Waals surface area contributed by atoms with Gasteiger partial charge in [-0.05, 0) is 78.6 Å². The van der Waals surface area contributed by atoms with Crippen LogP contribution in [-0.2, 0) is 4.84 Å². The number of aliphatic hydroxyl groups excluding tert-OH is 1. The van der Waals surface area contributed by atoms with Crippen molar-refractivity contribution in [2.75, 3.05) is 20.3 Å². The van der Waals surface area contributed by atoms with Gasteiger partial charge in [-0.2, -0.15) is 0 Å². The number of benzene rings is 2. The number of oxime groups is 1. The van der Waals surface area contributed by atoms with E-state index in [0.29, 0.717) is 0 Å². The van der Waals surface area contributed by atoms with Crippen LogP contribution in [0.2, 0.25) is 0 Å². The summed E-state index contributed by atoms with van der Waals surface area (Å²) in [5, 5.41) is 14.5. The van der Waals surface area contributed by atoms with Crippen LogP contribution in [0.5, 0.6) is 5.75 Å². The maximum atomic E-state index is 13.7. The molecule has 2 aromatic carbocycles. The van der Waals surface area contributed by atoms with Crippen molar-refractivity contribution in [3.8, 4) is 11.4 Å².